The van der Waals surface area contributed by atoms with Crippen LogP contribution in [-0.4, -0.2) is 45.9 Å². The van der Waals surface area contributed by atoms with Crippen molar-refractivity contribution in [1.29, 1.82) is 0 Å². The molecule has 6 heteroatoms. The Labute approximate surface area is 174 Å². The Morgan fingerprint density at radius 3 is 2.57 bits per heavy atom. The van der Waals surface area contributed by atoms with Crippen LogP contribution < -0.4 is 0 Å². The Kier molecular flexibility index (Phi) is 13.3. The van der Waals surface area contributed by atoms with Crippen LogP contribution in [0.4, 0.5) is 0 Å². The molecule has 3 atom stereocenters. The standard InChI is InChI=1S/C22H38O5S/c1-3-5-6-7-8-9-10-11-17-12-13-18(16-19(23)24)21(26)22(17)28-15-14-20(25)27-4-2/h11,18,21-22,26H,3-10,12-16H2,1-2H3,(H,23,24)/b17-11+/t18-,21-,22-/m0/s1. The highest BCUT2D eigenvalue weighted by Gasteiger charge is 2.36. The van der Waals surface area contributed by atoms with Crippen LogP contribution in [0.25, 0.3) is 0 Å². The van der Waals surface area contributed by atoms with E-state index in [1.807, 2.05) is 0 Å². The predicted molar refractivity (Wildman–Crippen MR) is 115 cm³/mol. The number of aliphatic carboxylic acids is 1. The van der Waals surface area contributed by atoms with Crippen LogP contribution in [-0.2, 0) is 14.3 Å². The first-order valence-corrected chi connectivity index (χ1v) is 11.9. The van der Waals surface area contributed by atoms with Gasteiger partial charge in [0.1, 0.15) is 0 Å². The van der Waals surface area contributed by atoms with Gasteiger partial charge in [-0.05, 0) is 38.5 Å². The molecule has 1 fully saturated rings. The lowest BCUT2D eigenvalue weighted by molar-refractivity contribution is -0.142. The van der Waals surface area contributed by atoms with Crippen LogP contribution in [0, 0.1) is 5.92 Å². The maximum Gasteiger partial charge on any atom is 0.306 e. The van der Waals surface area contributed by atoms with E-state index in [1.54, 1.807) is 18.7 Å². The minimum Gasteiger partial charge on any atom is -0.481 e. The van der Waals surface area contributed by atoms with Crippen molar-refractivity contribution in [2.45, 2.75) is 95.8 Å². The summed E-state index contributed by atoms with van der Waals surface area (Å²) in [7, 11) is 0. The van der Waals surface area contributed by atoms with Crippen LogP contribution in [0.1, 0.15) is 84.5 Å². The Morgan fingerprint density at radius 1 is 1.18 bits per heavy atom. The molecular weight excluding hydrogens is 376 g/mol. The molecule has 0 saturated heterocycles. The van der Waals surface area contributed by atoms with E-state index in [-0.39, 0.29) is 23.6 Å². The maximum absolute atomic E-state index is 11.6. The zero-order valence-electron chi connectivity index (χ0n) is 17.5. The highest BCUT2D eigenvalue weighted by molar-refractivity contribution is 8.00. The third-order valence-electron chi connectivity index (χ3n) is 5.27. The Bertz CT molecular complexity index is 491. The van der Waals surface area contributed by atoms with Gasteiger partial charge in [-0.15, -0.1) is 0 Å². The summed E-state index contributed by atoms with van der Waals surface area (Å²) in [5.74, 6) is -0.725. The molecular formula is C22H38O5S. The third kappa shape index (κ3) is 9.97. The van der Waals surface area contributed by atoms with Crippen molar-refractivity contribution in [3.63, 3.8) is 0 Å². The molecule has 1 rings (SSSR count). The fourth-order valence-corrected chi connectivity index (χ4v) is 5.10. The van der Waals surface area contributed by atoms with Crippen molar-refractivity contribution in [3.8, 4) is 0 Å². The summed E-state index contributed by atoms with van der Waals surface area (Å²) in [5, 5.41) is 19.8. The van der Waals surface area contributed by atoms with Crippen LogP contribution in [0.5, 0.6) is 0 Å². The van der Waals surface area contributed by atoms with E-state index < -0.39 is 12.1 Å². The largest absolute Gasteiger partial charge is 0.481 e. The van der Waals surface area contributed by atoms with Crippen molar-refractivity contribution in [2.75, 3.05) is 12.4 Å². The van der Waals surface area contributed by atoms with Crippen LogP contribution in [0.15, 0.2) is 11.6 Å². The summed E-state index contributed by atoms with van der Waals surface area (Å²) < 4.78 is 4.97. The fourth-order valence-electron chi connectivity index (χ4n) is 3.72. The first-order chi connectivity index (χ1) is 13.5. The third-order valence-corrected chi connectivity index (χ3v) is 6.65. The number of aliphatic hydroxyl groups is 1. The Balaban J connectivity index is 2.58. The topological polar surface area (TPSA) is 83.8 Å². The molecule has 0 amide bonds. The summed E-state index contributed by atoms with van der Waals surface area (Å²) in [6.07, 6.45) is 12.0. The monoisotopic (exact) mass is 414 g/mol. The number of rotatable bonds is 14. The number of carbonyl (C=O) groups is 2. The highest BCUT2D eigenvalue weighted by atomic mass is 32.2. The molecule has 0 radical (unpaired) electrons. The normalized spacial score (nSPS) is 23.7. The molecule has 2 N–H and O–H groups in total. The van der Waals surface area contributed by atoms with Crippen molar-refractivity contribution in [1.82, 2.24) is 0 Å². The number of thioether (sulfide) groups is 1. The van der Waals surface area contributed by atoms with Crippen LogP contribution in [0.3, 0.4) is 0 Å². The summed E-state index contributed by atoms with van der Waals surface area (Å²) in [5.41, 5.74) is 1.22. The van der Waals surface area contributed by atoms with E-state index >= 15 is 0 Å². The summed E-state index contributed by atoms with van der Waals surface area (Å²) in [6, 6.07) is 0. The molecule has 1 aliphatic rings. The lowest BCUT2D eigenvalue weighted by Gasteiger charge is -2.36. The molecule has 0 bridgehead atoms. The number of hydrogen-bond acceptors (Lipinski definition) is 5. The highest BCUT2D eigenvalue weighted by Crippen LogP contribution is 2.38. The van der Waals surface area contributed by atoms with Gasteiger partial charge in [0, 0.05) is 5.75 Å². The minimum absolute atomic E-state index is 0.000805. The summed E-state index contributed by atoms with van der Waals surface area (Å²) in [6.45, 7) is 4.38. The molecule has 5 nitrogen and oxygen atoms in total. The molecule has 28 heavy (non-hydrogen) atoms. The minimum atomic E-state index is -0.862. The molecule has 0 aromatic carbocycles. The van der Waals surface area contributed by atoms with E-state index in [4.69, 9.17) is 9.84 Å². The average Bonchev–Trinajstić information content (AvgIpc) is 2.65. The first-order valence-electron chi connectivity index (χ1n) is 10.9. The second kappa shape index (κ2) is 14.9. The Morgan fingerprint density at radius 2 is 1.89 bits per heavy atom. The number of unbranched alkanes of at least 4 members (excludes halogenated alkanes) is 6. The van der Waals surface area contributed by atoms with E-state index in [1.165, 1.54) is 37.7 Å². The molecule has 0 aromatic heterocycles. The number of carboxylic acid groups (broad SMARTS) is 1. The average molecular weight is 415 g/mol. The smallest absolute Gasteiger partial charge is 0.306 e. The SMILES string of the molecule is CCCCCCCC/C=C1\CC[C@@H](CC(=O)O)[C@H](O)[C@H]1SCCC(=O)OCC. The van der Waals surface area contributed by atoms with Crippen LogP contribution >= 0.6 is 11.8 Å². The zero-order valence-corrected chi connectivity index (χ0v) is 18.3. The van der Waals surface area contributed by atoms with Gasteiger partial charge in [0.2, 0.25) is 0 Å². The lowest BCUT2D eigenvalue weighted by Crippen LogP contribution is -2.38. The number of carboxylic acids is 1. The number of aliphatic hydroxyl groups excluding tert-OH is 1. The quantitative estimate of drug-likeness (QED) is 0.237. The molecule has 0 aromatic rings. The van der Waals surface area contributed by atoms with Gasteiger partial charge >= 0.3 is 11.9 Å². The van der Waals surface area contributed by atoms with Gasteiger partial charge < -0.3 is 14.9 Å². The van der Waals surface area contributed by atoms with Crippen molar-refractivity contribution >= 4 is 23.7 Å². The van der Waals surface area contributed by atoms with Crippen molar-refractivity contribution < 1.29 is 24.5 Å². The van der Waals surface area contributed by atoms with Gasteiger partial charge in [0.25, 0.3) is 0 Å². The van der Waals surface area contributed by atoms with Crippen molar-refractivity contribution in [3.05, 3.63) is 11.6 Å². The lowest BCUT2D eigenvalue weighted by atomic mass is 9.80. The first kappa shape index (κ1) is 25.0. The zero-order chi connectivity index (χ0) is 20.8. The molecule has 0 aliphatic heterocycles. The summed E-state index contributed by atoms with van der Waals surface area (Å²) >= 11 is 1.56. The van der Waals surface area contributed by atoms with Gasteiger partial charge in [-0.2, -0.15) is 11.8 Å². The number of ether oxygens (including phenoxy) is 1. The van der Waals surface area contributed by atoms with Gasteiger partial charge in [0.15, 0.2) is 0 Å². The number of allylic oxidation sites excluding steroid dienone is 1. The molecule has 0 unspecified atom stereocenters. The van der Waals surface area contributed by atoms with Gasteiger partial charge in [0.05, 0.1) is 30.8 Å². The molecule has 1 saturated carbocycles. The predicted octanol–water partition coefficient (Wildman–Crippen LogP) is 4.96. The van der Waals surface area contributed by atoms with Gasteiger partial charge in [-0.1, -0.05) is 50.7 Å². The Hall–Kier alpha value is -1.01. The molecule has 0 heterocycles. The van der Waals surface area contributed by atoms with E-state index in [0.29, 0.717) is 25.2 Å². The van der Waals surface area contributed by atoms with E-state index in [2.05, 4.69) is 13.0 Å². The van der Waals surface area contributed by atoms with Crippen LogP contribution in [0.2, 0.25) is 0 Å². The second-order valence-electron chi connectivity index (χ2n) is 7.57. The van der Waals surface area contributed by atoms with Crippen molar-refractivity contribution in [2.24, 2.45) is 5.92 Å². The maximum atomic E-state index is 11.6. The second-order valence-corrected chi connectivity index (χ2v) is 8.82. The number of esters is 1. The van der Waals surface area contributed by atoms with E-state index in [0.717, 1.165) is 19.3 Å². The van der Waals surface area contributed by atoms with E-state index in [9.17, 15) is 14.7 Å². The summed E-state index contributed by atoms with van der Waals surface area (Å²) in [4.78, 5) is 22.7. The fraction of sp³-hybridized carbons (Fsp3) is 0.818. The number of hydrogen-bond donors (Lipinski definition) is 2. The molecule has 1 aliphatic carbocycles. The molecule has 162 valence electrons. The molecule has 0 spiro atoms. The number of carbonyl (C=O) groups excluding carboxylic acids is 1. The van der Waals surface area contributed by atoms with Gasteiger partial charge in [-0.25, -0.2) is 0 Å². The van der Waals surface area contributed by atoms with Gasteiger partial charge in [-0.3, -0.25) is 9.59 Å².